The highest BCUT2D eigenvalue weighted by Crippen LogP contribution is 1.16. The second kappa shape index (κ2) is 1180. The van der Waals surface area contributed by atoms with E-state index in [0.29, 0.717) is 0 Å². The second-order valence-corrected chi connectivity index (χ2v) is 0.250. The van der Waals surface area contributed by atoms with E-state index in [1.807, 2.05) is 41.5 Å². The van der Waals surface area contributed by atoms with Crippen LogP contribution in [0.5, 0.6) is 0 Å². The Morgan fingerprint density at radius 1 is 0.667 bits per heavy atom. The summed E-state index contributed by atoms with van der Waals surface area (Å²) >= 11 is 0. The molecule has 0 N–H and O–H groups in total. The minimum absolute atomic E-state index is 2.00. The van der Waals surface area contributed by atoms with Crippen molar-refractivity contribution in [3.8, 4) is 0 Å². The fourth-order valence-electron chi connectivity index (χ4n) is 0. The lowest BCUT2D eigenvalue weighted by molar-refractivity contribution is 1.50. The van der Waals surface area contributed by atoms with Gasteiger partial charge in [-0.25, -0.2) is 0 Å². The van der Waals surface area contributed by atoms with Crippen LogP contribution in [0.25, 0.3) is 0 Å². The molecule has 0 radical (unpaired) electrons. The Hall–Kier alpha value is -0.480. The van der Waals surface area contributed by atoms with Gasteiger partial charge in [0.1, 0.15) is 0 Å². The molecule has 0 atom stereocenters. The predicted molar refractivity (Wildman–Crippen MR) is 48.8 cm³/mol. The first kappa shape index (κ1) is 23.6. The first-order chi connectivity index (χ1) is 4.41. The minimum Gasteiger partial charge on any atom is -0.137 e. The van der Waals surface area contributed by atoms with Gasteiger partial charge in [0, 0.05) is 0 Å². The molecule has 0 rings (SSSR count). The summed E-state index contributed by atoms with van der Waals surface area (Å²) in [6, 6.07) is 0. The van der Waals surface area contributed by atoms with E-state index in [1.165, 1.54) is 0 Å². The van der Waals surface area contributed by atoms with Gasteiger partial charge in [-0.15, -0.1) is 5.73 Å². The van der Waals surface area contributed by atoms with Gasteiger partial charge < -0.3 is 0 Å². The monoisotopic (exact) mass is 130 g/mol. The van der Waals surface area contributed by atoms with Gasteiger partial charge in [-0.2, -0.15) is 0 Å². The van der Waals surface area contributed by atoms with Crippen molar-refractivity contribution in [2.45, 2.75) is 41.5 Å². The average molecular weight is 130 g/mol. The molecule has 0 aromatic carbocycles. The summed E-state index contributed by atoms with van der Waals surface area (Å²) in [7, 11) is 0. The van der Waals surface area contributed by atoms with Gasteiger partial charge in [0.05, 0.1) is 0 Å². The van der Waals surface area contributed by atoms with Crippen LogP contribution in [0, 0.1) is 0 Å². The standard InChI is InChI=1S/C3H4.3C2H6/c1-3-2;3*1-2/h1-2H2;3*1-2H3. The van der Waals surface area contributed by atoms with Crippen LogP contribution in [0.1, 0.15) is 41.5 Å². The van der Waals surface area contributed by atoms with Crippen LogP contribution < -0.4 is 0 Å². The molecule has 0 bridgehead atoms. The fraction of sp³-hybridized carbons (Fsp3) is 0.667. The van der Waals surface area contributed by atoms with Crippen molar-refractivity contribution in [1.29, 1.82) is 0 Å². The van der Waals surface area contributed by atoms with Crippen LogP contribution in [-0.4, -0.2) is 0 Å². The summed E-state index contributed by atoms with van der Waals surface area (Å²) in [6.45, 7) is 18.2. The van der Waals surface area contributed by atoms with Crippen LogP contribution in [0.3, 0.4) is 0 Å². The zero-order chi connectivity index (χ0) is 8.71. The minimum atomic E-state index is 2.00. The quantitative estimate of drug-likeness (QED) is 0.434. The summed E-state index contributed by atoms with van der Waals surface area (Å²) in [5.74, 6) is 0. The van der Waals surface area contributed by atoms with Crippen molar-refractivity contribution in [3.05, 3.63) is 18.9 Å². The van der Waals surface area contributed by atoms with Crippen molar-refractivity contribution in [3.63, 3.8) is 0 Å². The molecule has 0 fully saturated rings. The lowest BCUT2D eigenvalue weighted by Crippen LogP contribution is -0.856. The highest BCUT2D eigenvalue weighted by atomic mass is 13.0. The molecule has 0 nitrogen and oxygen atoms in total. The zero-order valence-electron chi connectivity index (χ0n) is 7.91. The van der Waals surface area contributed by atoms with Gasteiger partial charge >= 0.3 is 0 Å². The third-order valence-corrected chi connectivity index (χ3v) is 0. The smallest absolute Gasteiger partial charge is 0.0572 e. The molecular weight excluding hydrogens is 108 g/mol. The Morgan fingerprint density at radius 3 is 0.667 bits per heavy atom. The molecule has 0 aromatic heterocycles. The largest absolute Gasteiger partial charge is 0.137 e. The van der Waals surface area contributed by atoms with Gasteiger partial charge in [0.15, 0.2) is 0 Å². The van der Waals surface area contributed by atoms with E-state index in [0.717, 1.165) is 0 Å². The Labute approximate surface area is 61.3 Å². The van der Waals surface area contributed by atoms with E-state index in [9.17, 15) is 0 Å². The molecule has 0 aliphatic carbocycles. The molecule has 0 saturated heterocycles. The maximum absolute atomic E-state index is 3.12. The van der Waals surface area contributed by atoms with E-state index in [4.69, 9.17) is 0 Å². The molecule has 0 aromatic rings. The van der Waals surface area contributed by atoms with Crippen molar-refractivity contribution in [2.24, 2.45) is 0 Å². The van der Waals surface area contributed by atoms with Gasteiger partial charge in [-0.1, -0.05) is 54.7 Å². The zero-order valence-corrected chi connectivity index (χ0v) is 7.91. The van der Waals surface area contributed by atoms with Crippen LogP contribution >= 0.6 is 0 Å². The van der Waals surface area contributed by atoms with Crippen LogP contribution in [0.2, 0.25) is 0 Å². The first-order valence-electron chi connectivity index (χ1n) is 3.71. The predicted octanol–water partition coefficient (Wildman–Crippen LogP) is 4.04. The summed E-state index contributed by atoms with van der Waals surface area (Å²) in [5, 5.41) is 0. The molecule has 0 unspecified atom stereocenters. The maximum atomic E-state index is 3.12. The summed E-state index contributed by atoms with van der Waals surface area (Å²) in [6.07, 6.45) is 0. The van der Waals surface area contributed by atoms with Crippen LogP contribution in [0.4, 0.5) is 0 Å². The van der Waals surface area contributed by atoms with Crippen molar-refractivity contribution in [2.75, 3.05) is 0 Å². The molecule has 9 heavy (non-hydrogen) atoms. The van der Waals surface area contributed by atoms with Crippen molar-refractivity contribution < 1.29 is 0 Å². The van der Waals surface area contributed by atoms with Gasteiger partial charge in [-0.3, -0.25) is 0 Å². The highest BCUT2D eigenvalue weighted by molar-refractivity contribution is 4.51. The Bertz CT molecular complexity index is 21.0. The van der Waals surface area contributed by atoms with Gasteiger partial charge in [0.2, 0.25) is 0 Å². The summed E-state index contributed by atoms with van der Waals surface area (Å²) in [5.41, 5.74) is 2.25. The number of hydrogen-bond acceptors (Lipinski definition) is 0. The number of hydrogen-bond donors (Lipinski definition) is 0. The lowest BCUT2D eigenvalue weighted by atomic mass is 11.0. The molecule has 0 heteroatoms. The molecule has 0 spiro atoms. The van der Waals surface area contributed by atoms with Crippen LogP contribution in [0.15, 0.2) is 18.9 Å². The Morgan fingerprint density at radius 2 is 0.667 bits per heavy atom. The molecule has 0 aliphatic rings. The van der Waals surface area contributed by atoms with Crippen LogP contribution in [-0.2, 0) is 0 Å². The third-order valence-electron chi connectivity index (χ3n) is 0. The molecular formula is C9H22. The SMILES string of the molecule is C=C=C.CC.CC.CC. The molecule has 0 amide bonds. The Kier molecular flexibility index (Phi) is 3100. The van der Waals surface area contributed by atoms with Gasteiger partial charge in [-0.05, 0) is 0 Å². The van der Waals surface area contributed by atoms with Crippen molar-refractivity contribution in [1.82, 2.24) is 0 Å². The second-order valence-electron chi connectivity index (χ2n) is 0.250. The molecule has 0 heterocycles. The molecule has 58 valence electrons. The van der Waals surface area contributed by atoms with E-state index in [1.54, 1.807) is 0 Å². The maximum Gasteiger partial charge on any atom is -0.0572 e. The Balaban J connectivity index is -0.0000000190. The van der Waals surface area contributed by atoms with E-state index < -0.39 is 0 Å². The summed E-state index contributed by atoms with van der Waals surface area (Å²) in [4.78, 5) is 0. The fourth-order valence-corrected chi connectivity index (χ4v) is 0. The lowest BCUT2D eigenvalue weighted by Gasteiger charge is -1.10. The normalized spacial score (nSPS) is 2.89. The average Bonchev–Trinajstić information content (AvgIpc) is 2.01. The molecule has 0 aliphatic heterocycles. The van der Waals surface area contributed by atoms with Gasteiger partial charge in [0.25, 0.3) is 0 Å². The number of rotatable bonds is 0. The van der Waals surface area contributed by atoms with Crippen molar-refractivity contribution >= 4 is 0 Å². The van der Waals surface area contributed by atoms with E-state index in [-0.39, 0.29) is 0 Å². The molecule has 0 saturated carbocycles. The topological polar surface area (TPSA) is 0 Å². The van der Waals surface area contributed by atoms with E-state index >= 15 is 0 Å². The highest BCUT2D eigenvalue weighted by Gasteiger charge is 0.936. The van der Waals surface area contributed by atoms with E-state index in [2.05, 4.69) is 18.9 Å². The summed E-state index contributed by atoms with van der Waals surface area (Å²) < 4.78 is 0. The first-order valence-corrected chi connectivity index (χ1v) is 3.71. The third kappa shape index (κ3) is 995.